The molecule has 0 saturated heterocycles. The van der Waals surface area contributed by atoms with Crippen LogP contribution < -0.4 is 26.2 Å². The van der Waals surface area contributed by atoms with Gasteiger partial charge in [0.25, 0.3) is 11.8 Å². The Morgan fingerprint density at radius 2 is 1.72 bits per heavy atom. The van der Waals surface area contributed by atoms with Crippen LogP contribution in [0.5, 0.6) is 5.75 Å². The highest BCUT2D eigenvalue weighted by Gasteiger charge is 2.16. The van der Waals surface area contributed by atoms with Gasteiger partial charge < -0.3 is 10.1 Å². The highest BCUT2D eigenvalue weighted by Crippen LogP contribution is 2.23. The van der Waals surface area contributed by atoms with Crippen LogP contribution in [0.25, 0.3) is 0 Å². The number of amides is 3. The number of carbonyl (C=O) groups is 3. The minimum absolute atomic E-state index is 0.0787. The van der Waals surface area contributed by atoms with Crippen molar-refractivity contribution < 1.29 is 19.1 Å². The lowest BCUT2D eigenvalue weighted by Crippen LogP contribution is -2.48. The number of carbonyl (C=O) groups excluding carboxylic acids is 3. The Bertz CT molecular complexity index is 996. The van der Waals surface area contributed by atoms with E-state index in [0.717, 1.165) is 0 Å². The molecular weight excluding hydrogens is 496 g/mol. The average Bonchev–Trinajstić information content (AvgIpc) is 2.76. The lowest BCUT2D eigenvalue weighted by molar-refractivity contribution is -0.115. The zero-order chi connectivity index (χ0) is 23.7. The van der Waals surface area contributed by atoms with Gasteiger partial charge in [0.05, 0.1) is 12.2 Å². The Balaban J connectivity index is 1.92. The van der Waals surface area contributed by atoms with Crippen molar-refractivity contribution in [3.8, 4) is 5.75 Å². The molecular formula is C22H25BrN4O4S. The van der Waals surface area contributed by atoms with E-state index in [2.05, 4.69) is 37.4 Å². The van der Waals surface area contributed by atoms with Gasteiger partial charge in [-0.1, -0.05) is 36.7 Å². The fraction of sp³-hybridized carbons (Fsp3) is 0.273. The van der Waals surface area contributed by atoms with Crippen LogP contribution in [0.15, 0.2) is 46.9 Å². The van der Waals surface area contributed by atoms with Crippen LogP contribution >= 0.6 is 28.1 Å². The summed E-state index contributed by atoms with van der Waals surface area (Å²) in [5.74, 6) is -0.328. The molecule has 0 saturated carbocycles. The second kappa shape index (κ2) is 12.2. The molecule has 0 aliphatic rings. The van der Waals surface area contributed by atoms with E-state index < -0.39 is 11.8 Å². The normalized spacial score (nSPS) is 10.3. The minimum atomic E-state index is -0.479. The summed E-state index contributed by atoms with van der Waals surface area (Å²) in [4.78, 5) is 36.3. The zero-order valence-corrected chi connectivity index (χ0v) is 20.4. The van der Waals surface area contributed by atoms with Gasteiger partial charge in [-0.3, -0.25) is 30.6 Å². The predicted octanol–water partition coefficient (Wildman–Crippen LogP) is 3.78. The number of halogens is 1. The first-order valence-electron chi connectivity index (χ1n) is 9.93. The van der Waals surface area contributed by atoms with Crippen molar-refractivity contribution >= 4 is 56.7 Å². The third kappa shape index (κ3) is 7.93. The van der Waals surface area contributed by atoms with Gasteiger partial charge in [-0.25, -0.2) is 0 Å². The SMILES string of the molecule is CCC(=O)Nc1ccc(C(=O)NNC(=S)NC(=O)c2cc(Br)ccc2OCC(C)C)cc1. The molecule has 0 heterocycles. The van der Waals surface area contributed by atoms with E-state index in [1.807, 2.05) is 13.8 Å². The third-order valence-corrected chi connectivity index (χ3v) is 4.72. The van der Waals surface area contributed by atoms with Gasteiger partial charge in [0.2, 0.25) is 5.91 Å². The standard InChI is InChI=1S/C22H25BrN4O4S/c1-4-19(28)24-16-8-5-14(6-9-16)20(29)26-27-22(32)25-21(30)17-11-15(23)7-10-18(17)31-12-13(2)3/h5-11,13H,4,12H2,1-3H3,(H,24,28)(H,26,29)(H2,25,27,30,32). The largest absolute Gasteiger partial charge is 0.492 e. The molecule has 2 aromatic carbocycles. The molecule has 170 valence electrons. The van der Waals surface area contributed by atoms with Gasteiger partial charge in [-0.05, 0) is 60.6 Å². The molecule has 0 aromatic heterocycles. The number of nitrogens with one attached hydrogen (secondary N) is 4. The topological polar surface area (TPSA) is 109 Å². The predicted molar refractivity (Wildman–Crippen MR) is 131 cm³/mol. The second-order valence-corrected chi connectivity index (χ2v) is 8.51. The van der Waals surface area contributed by atoms with Gasteiger partial charge in [0, 0.05) is 22.1 Å². The quantitative estimate of drug-likeness (QED) is 0.326. The van der Waals surface area contributed by atoms with Gasteiger partial charge in [-0.15, -0.1) is 0 Å². The summed E-state index contributed by atoms with van der Waals surface area (Å²) in [6.07, 6.45) is 0.362. The van der Waals surface area contributed by atoms with Gasteiger partial charge in [-0.2, -0.15) is 0 Å². The highest BCUT2D eigenvalue weighted by atomic mass is 79.9. The van der Waals surface area contributed by atoms with Crippen molar-refractivity contribution in [2.45, 2.75) is 27.2 Å². The van der Waals surface area contributed by atoms with Crippen LogP contribution in [0.2, 0.25) is 0 Å². The zero-order valence-electron chi connectivity index (χ0n) is 18.0. The van der Waals surface area contributed by atoms with Crippen molar-refractivity contribution in [3.63, 3.8) is 0 Å². The summed E-state index contributed by atoms with van der Waals surface area (Å²) in [7, 11) is 0. The molecule has 0 bridgehead atoms. The van der Waals surface area contributed by atoms with Crippen LogP contribution in [-0.4, -0.2) is 29.4 Å². The number of anilines is 1. The molecule has 3 amide bonds. The third-order valence-electron chi connectivity index (χ3n) is 4.03. The average molecular weight is 521 g/mol. The number of benzene rings is 2. The lowest BCUT2D eigenvalue weighted by Gasteiger charge is -2.15. The number of ether oxygens (including phenoxy) is 1. The maximum Gasteiger partial charge on any atom is 0.269 e. The summed E-state index contributed by atoms with van der Waals surface area (Å²) in [6.45, 7) is 6.23. The van der Waals surface area contributed by atoms with E-state index in [1.54, 1.807) is 49.4 Å². The summed E-state index contributed by atoms with van der Waals surface area (Å²) < 4.78 is 6.43. The molecule has 0 unspecified atom stereocenters. The minimum Gasteiger partial charge on any atom is -0.492 e. The summed E-state index contributed by atoms with van der Waals surface area (Å²) in [5, 5.41) is 5.14. The summed E-state index contributed by atoms with van der Waals surface area (Å²) >= 11 is 8.45. The van der Waals surface area contributed by atoms with E-state index in [1.165, 1.54) is 0 Å². The van der Waals surface area contributed by atoms with Gasteiger partial charge in [0.15, 0.2) is 5.11 Å². The highest BCUT2D eigenvalue weighted by molar-refractivity contribution is 9.10. The van der Waals surface area contributed by atoms with E-state index in [0.29, 0.717) is 46.0 Å². The molecule has 0 fully saturated rings. The van der Waals surface area contributed by atoms with E-state index in [9.17, 15) is 14.4 Å². The fourth-order valence-electron chi connectivity index (χ4n) is 2.40. The first-order valence-corrected chi connectivity index (χ1v) is 11.1. The molecule has 32 heavy (non-hydrogen) atoms. The molecule has 0 atom stereocenters. The Morgan fingerprint density at radius 1 is 1.03 bits per heavy atom. The lowest BCUT2D eigenvalue weighted by atomic mass is 10.2. The monoisotopic (exact) mass is 520 g/mol. The number of hydrazine groups is 1. The van der Waals surface area contributed by atoms with Crippen LogP contribution in [0.3, 0.4) is 0 Å². The maximum absolute atomic E-state index is 12.7. The van der Waals surface area contributed by atoms with E-state index in [4.69, 9.17) is 17.0 Å². The number of rotatable bonds is 7. The summed E-state index contributed by atoms with van der Waals surface area (Å²) in [5.41, 5.74) is 6.16. The van der Waals surface area contributed by atoms with Gasteiger partial charge >= 0.3 is 0 Å². The van der Waals surface area contributed by atoms with Crippen molar-refractivity contribution in [2.24, 2.45) is 5.92 Å². The first kappa shape index (κ1) is 25.3. The van der Waals surface area contributed by atoms with E-state index in [-0.39, 0.29) is 11.0 Å². The molecule has 2 rings (SSSR count). The van der Waals surface area contributed by atoms with Crippen LogP contribution in [-0.2, 0) is 4.79 Å². The molecule has 0 radical (unpaired) electrons. The Hall–Kier alpha value is -2.98. The van der Waals surface area contributed by atoms with Crippen LogP contribution in [0, 0.1) is 5.92 Å². The van der Waals surface area contributed by atoms with Gasteiger partial charge in [0.1, 0.15) is 5.75 Å². The second-order valence-electron chi connectivity index (χ2n) is 7.19. The number of hydrogen-bond acceptors (Lipinski definition) is 5. The number of thiocarbonyl (C=S) groups is 1. The molecule has 0 aliphatic carbocycles. The molecule has 8 nitrogen and oxygen atoms in total. The Kier molecular flexibility index (Phi) is 9.61. The van der Waals surface area contributed by atoms with E-state index >= 15 is 0 Å². The first-order chi connectivity index (χ1) is 15.2. The maximum atomic E-state index is 12.7. The molecule has 10 heteroatoms. The van der Waals surface area contributed by atoms with Crippen LogP contribution in [0.1, 0.15) is 47.9 Å². The number of hydrogen-bond donors (Lipinski definition) is 4. The molecule has 0 spiro atoms. The fourth-order valence-corrected chi connectivity index (χ4v) is 2.91. The smallest absolute Gasteiger partial charge is 0.269 e. The summed E-state index contributed by atoms with van der Waals surface area (Å²) in [6, 6.07) is 11.5. The van der Waals surface area contributed by atoms with Crippen LogP contribution in [0.4, 0.5) is 5.69 Å². The Labute approximate surface area is 200 Å². The van der Waals surface area contributed by atoms with Crippen molar-refractivity contribution in [1.82, 2.24) is 16.2 Å². The van der Waals surface area contributed by atoms with Crippen molar-refractivity contribution in [1.29, 1.82) is 0 Å². The van der Waals surface area contributed by atoms with Crippen molar-refractivity contribution in [3.05, 3.63) is 58.1 Å². The van der Waals surface area contributed by atoms with Crippen molar-refractivity contribution in [2.75, 3.05) is 11.9 Å². The molecule has 4 N–H and O–H groups in total. The molecule has 0 aliphatic heterocycles. The molecule has 2 aromatic rings. The Morgan fingerprint density at radius 3 is 2.34 bits per heavy atom.